The minimum Gasteiger partial charge on any atom is -0.272 e. The van der Waals surface area contributed by atoms with Crippen LogP contribution in [0.3, 0.4) is 0 Å². The Hall–Kier alpha value is -1.00. The lowest BCUT2D eigenvalue weighted by Gasteiger charge is -2.18. The van der Waals surface area contributed by atoms with E-state index in [4.69, 9.17) is 11.6 Å². The van der Waals surface area contributed by atoms with Crippen LogP contribution in [-0.4, -0.2) is 17.4 Å². The summed E-state index contributed by atoms with van der Waals surface area (Å²) in [7, 11) is 0. The Labute approximate surface area is 129 Å². The number of hydrogen-bond acceptors (Lipinski definition) is 3. The van der Waals surface area contributed by atoms with E-state index < -0.39 is 0 Å². The van der Waals surface area contributed by atoms with E-state index >= 15 is 0 Å². The minimum absolute atomic E-state index is 0.0592. The maximum absolute atomic E-state index is 11.7. The van der Waals surface area contributed by atoms with Crippen molar-refractivity contribution in [1.82, 2.24) is 5.43 Å². The van der Waals surface area contributed by atoms with Crippen molar-refractivity contribution in [2.75, 3.05) is 5.75 Å². The van der Waals surface area contributed by atoms with Crippen molar-refractivity contribution in [2.45, 2.75) is 37.5 Å². The van der Waals surface area contributed by atoms with Gasteiger partial charge in [0.2, 0.25) is 5.91 Å². The van der Waals surface area contributed by atoms with E-state index in [1.807, 2.05) is 24.3 Å². The van der Waals surface area contributed by atoms with Crippen LogP contribution in [0.25, 0.3) is 0 Å². The molecule has 3 nitrogen and oxygen atoms in total. The number of halogens is 1. The molecule has 0 spiro atoms. The number of hydrogen-bond donors (Lipinski definition) is 1. The molecule has 0 saturated heterocycles. The van der Waals surface area contributed by atoms with E-state index in [2.05, 4.69) is 17.5 Å². The summed E-state index contributed by atoms with van der Waals surface area (Å²) in [5, 5.41) is 4.93. The average molecular weight is 311 g/mol. The molecule has 5 heteroatoms. The van der Waals surface area contributed by atoms with Gasteiger partial charge in [0.1, 0.15) is 0 Å². The lowest BCUT2D eigenvalue weighted by Crippen LogP contribution is -2.23. The molecule has 1 aromatic rings. The molecule has 20 heavy (non-hydrogen) atoms. The first-order chi connectivity index (χ1) is 9.63. The molecule has 0 unspecified atom stereocenters. The fourth-order valence-corrected chi connectivity index (χ4v) is 2.88. The topological polar surface area (TPSA) is 41.5 Å². The summed E-state index contributed by atoms with van der Waals surface area (Å²) in [6.07, 6.45) is 4.36. The van der Waals surface area contributed by atoms with Crippen molar-refractivity contribution in [3.63, 3.8) is 0 Å². The normalized spacial score (nSPS) is 18.7. The fraction of sp³-hybridized carbons (Fsp3) is 0.467. The van der Waals surface area contributed by atoms with Crippen LogP contribution in [0.4, 0.5) is 0 Å². The van der Waals surface area contributed by atoms with Gasteiger partial charge in [0, 0.05) is 15.6 Å². The van der Waals surface area contributed by atoms with Gasteiger partial charge in [-0.2, -0.15) is 5.10 Å². The van der Waals surface area contributed by atoms with E-state index in [9.17, 15) is 4.79 Å². The maximum Gasteiger partial charge on any atom is 0.250 e. The second-order valence-corrected chi connectivity index (χ2v) is 6.62. The smallest absolute Gasteiger partial charge is 0.250 e. The molecule has 0 aromatic heterocycles. The third-order valence-corrected chi connectivity index (χ3v) is 4.64. The van der Waals surface area contributed by atoms with Gasteiger partial charge in [-0.1, -0.05) is 18.5 Å². The molecule has 1 N–H and O–H groups in total. The van der Waals surface area contributed by atoms with Crippen LogP contribution in [0, 0.1) is 5.92 Å². The summed E-state index contributed by atoms with van der Waals surface area (Å²) >= 11 is 7.30. The van der Waals surface area contributed by atoms with Crippen molar-refractivity contribution < 1.29 is 4.79 Å². The van der Waals surface area contributed by atoms with Gasteiger partial charge in [-0.05, 0) is 55.9 Å². The van der Waals surface area contributed by atoms with E-state index in [-0.39, 0.29) is 5.91 Å². The Morgan fingerprint density at radius 2 is 2.00 bits per heavy atom. The molecule has 1 fully saturated rings. The zero-order chi connectivity index (χ0) is 14.4. The van der Waals surface area contributed by atoms with Gasteiger partial charge in [0.25, 0.3) is 0 Å². The first-order valence-corrected chi connectivity index (χ1v) is 8.22. The molecule has 1 amide bonds. The van der Waals surface area contributed by atoms with Crippen LogP contribution in [0.2, 0.25) is 5.02 Å². The lowest BCUT2D eigenvalue weighted by molar-refractivity contribution is -0.118. The van der Waals surface area contributed by atoms with E-state index in [0.717, 1.165) is 29.4 Å². The molecule has 1 saturated carbocycles. The highest BCUT2D eigenvalue weighted by molar-refractivity contribution is 8.00. The number of nitrogens with zero attached hydrogens (tertiary/aromatic N) is 1. The molecule has 0 aliphatic heterocycles. The average Bonchev–Trinajstić information content (AvgIpc) is 2.46. The number of carbonyl (C=O) groups excluding carboxylic acids is 1. The van der Waals surface area contributed by atoms with E-state index in [0.29, 0.717) is 10.8 Å². The number of nitrogens with one attached hydrogen (secondary N) is 1. The highest BCUT2D eigenvalue weighted by atomic mass is 35.5. The molecule has 0 atom stereocenters. The predicted octanol–water partition coefficient (Wildman–Crippen LogP) is 4.11. The Balaban J connectivity index is 1.73. The van der Waals surface area contributed by atoms with Gasteiger partial charge in [-0.15, -0.1) is 11.8 Å². The third-order valence-electron chi connectivity index (χ3n) is 3.37. The molecule has 0 radical (unpaired) electrons. The SMILES string of the molecule is CC1CCC(=NNC(=O)CSc2ccc(Cl)cc2)CC1. The van der Waals surface area contributed by atoms with Crippen molar-refractivity contribution in [3.8, 4) is 0 Å². The number of amides is 1. The molecule has 0 heterocycles. The Kier molecular flexibility index (Phi) is 5.92. The summed E-state index contributed by atoms with van der Waals surface area (Å²) < 4.78 is 0. The molecule has 108 valence electrons. The van der Waals surface area contributed by atoms with Crippen LogP contribution in [0.1, 0.15) is 32.6 Å². The number of benzene rings is 1. The van der Waals surface area contributed by atoms with Crippen LogP contribution < -0.4 is 5.43 Å². The minimum atomic E-state index is -0.0592. The Morgan fingerprint density at radius 1 is 1.35 bits per heavy atom. The van der Waals surface area contributed by atoms with E-state index in [1.165, 1.54) is 24.6 Å². The molecular formula is C15H19ClN2OS. The van der Waals surface area contributed by atoms with Crippen LogP contribution in [-0.2, 0) is 4.79 Å². The highest BCUT2D eigenvalue weighted by Gasteiger charge is 2.13. The summed E-state index contributed by atoms with van der Waals surface area (Å²) in [6.45, 7) is 2.26. The molecule has 1 aromatic carbocycles. The summed E-state index contributed by atoms with van der Waals surface area (Å²) in [5.74, 6) is 1.09. The largest absolute Gasteiger partial charge is 0.272 e. The number of rotatable bonds is 4. The first-order valence-electron chi connectivity index (χ1n) is 6.86. The van der Waals surface area contributed by atoms with Gasteiger partial charge in [0.05, 0.1) is 5.75 Å². The van der Waals surface area contributed by atoms with Crippen LogP contribution in [0.5, 0.6) is 0 Å². The molecule has 1 aliphatic rings. The number of carbonyl (C=O) groups is 1. The Morgan fingerprint density at radius 3 is 2.65 bits per heavy atom. The zero-order valence-corrected chi connectivity index (χ0v) is 13.1. The molecule has 0 bridgehead atoms. The Bertz CT molecular complexity index is 477. The standard InChI is InChI=1S/C15H19ClN2OS/c1-11-2-6-13(7-3-11)17-18-15(19)10-20-14-8-4-12(16)5-9-14/h4-5,8-9,11H,2-3,6-7,10H2,1H3,(H,18,19). The number of thioether (sulfide) groups is 1. The van der Waals surface area contributed by atoms with Crippen molar-refractivity contribution in [1.29, 1.82) is 0 Å². The van der Waals surface area contributed by atoms with Gasteiger partial charge in [-0.25, -0.2) is 5.43 Å². The van der Waals surface area contributed by atoms with E-state index in [1.54, 1.807) is 0 Å². The molecule has 1 aliphatic carbocycles. The van der Waals surface area contributed by atoms with Crippen molar-refractivity contribution in [3.05, 3.63) is 29.3 Å². The summed E-state index contributed by atoms with van der Waals surface area (Å²) in [5.41, 5.74) is 3.77. The maximum atomic E-state index is 11.7. The predicted molar refractivity (Wildman–Crippen MR) is 85.4 cm³/mol. The van der Waals surface area contributed by atoms with Gasteiger partial charge in [-0.3, -0.25) is 4.79 Å². The molecule has 2 rings (SSSR count). The summed E-state index contributed by atoms with van der Waals surface area (Å²) in [4.78, 5) is 12.8. The van der Waals surface area contributed by atoms with Gasteiger partial charge >= 0.3 is 0 Å². The second-order valence-electron chi connectivity index (χ2n) is 5.14. The first kappa shape index (κ1) is 15.4. The van der Waals surface area contributed by atoms with Crippen LogP contribution >= 0.6 is 23.4 Å². The second kappa shape index (κ2) is 7.70. The molecular weight excluding hydrogens is 292 g/mol. The van der Waals surface area contributed by atoms with Crippen molar-refractivity contribution >= 4 is 35.0 Å². The summed E-state index contributed by atoms with van der Waals surface area (Å²) in [6, 6.07) is 7.47. The van der Waals surface area contributed by atoms with Gasteiger partial charge in [0.15, 0.2) is 0 Å². The monoisotopic (exact) mass is 310 g/mol. The third kappa shape index (κ3) is 5.17. The highest BCUT2D eigenvalue weighted by Crippen LogP contribution is 2.21. The fourth-order valence-electron chi connectivity index (χ4n) is 2.06. The zero-order valence-electron chi connectivity index (χ0n) is 11.6. The van der Waals surface area contributed by atoms with Gasteiger partial charge < -0.3 is 0 Å². The van der Waals surface area contributed by atoms with Crippen LogP contribution in [0.15, 0.2) is 34.3 Å². The lowest BCUT2D eigenvalue weighted by atomic mass is 9.90. The van der Waals surface area contributed by atoms with Crippen molar-refractivity contribution in [2.24, 2.45) is 11.0 Å². The quantitative estimate of drug-likeness (QED) is 0.671. The number of hydrazone groups is 1.